The number of anilines is 1. The van der Waals surface area contributed by atoms with Crippen LogP contribution in [0.2, 0.25) is 10.0 Å². The lowest BCUT2D eigenvalue weighted by Crippen LogP contribution is -2.29. The number of nitro groups is 1. The van der Waals surface area contributed by atoms with Crippen molar-refractivity contribution in [2.24, 2.45) is 0 Å². The number of nitrogens with zero attached hydrogens (tertiary/aromatic N) is 1. The van der Waals surface area contributed by atoms with Crippen LogP contribution in [-0.2, 0) is 14.3 Å². The van der Waals surface area contributed by atoms with Gasteiger partial charge in [0, 0.05) is 17.2 Å². The van der Waals surface area contributed by atoms with Crippen molar-refractivity contribution in [1.82, 2.24) is 0 Å². The first-order valence-corrected chi connectivity index (χ1v) is 8.41. The summed E-state index contributed by atoms with van der Waals surface area (Å²) >= 11 is 11.8. The Kier molecular flexibility index (Phi) is 6.92. The van der Waals surface area contributed by atoms with E-state index in [4.69, 9.17) is 27.9 Å². The van der Waals surface area contributed by atoms with Gasteiger partial charge in [0.1, 0.15) is 0 Å². The van der Waals surface area contributed by atoms with E-state index in [1.54, 1.807) is 12.1 Å². The summed E-state index contributed by atoms with van der Waals surface area (Å²) in [5, 5.41) is 14.1. The molecule has 1 atom stereocenters. The number of esters is 1. The van der Waals surface area contributed by atoms with E-state index in [0.717, 1.165) is 6.08 Å². The van der Waals surface area contributed by atoms with Crippen LogP contribution in [0, 0.1) is 10.1 Å². The maximum absolute atomic E-state index is 12.1. The van der Waals surface area contributed by atoms with Crippen LogP contribution in [0.15, 0.2) is 48.5 Å². The molecule has 9 heteroatoms. The molecule has 0 unspecified atom stereocenters. The number of rotatable bonds is 6. The molecule has 0 bridgehead atoms. The van der Waals surface area contributed by atoms with Crippen molar-refractivity contribution < 1.29 is 19.2 Å². The van der Waals surface area contributed by atoms with E-state index in [2.05, 4.69) is 5.32 Å². The zero-order valence-corrected chi connectivity index (χ0v) is 15.5. The summed E-state index contributed by atoms with van der Waals surface area (Å²) in [5.41, 5.74) is 0.373. The minimum absolute atomic E-state index is 0.150. The molecule has 2 rings (SSSR count). The number of hydrogen-bond donors (Lipinski definition) is 1. The van der Waals surface area contributed by atoms with E-state index in [1.165, 1.54) is 43.3 Å². The van der Waals surface area contributed by atoms with Gasteiger partial charge in [-0.2, -0.15) is 0 Å². The van der Waals surface area contributed by atoms with Crippen molar-refractivity contribution in [1.29, 1.82) is 0 Å². The summed E-state index contributed by atoms with van der Waals surface area (Å²) in [4.78, 5) is 34.4. The van der Waals surface area contributed by atoms with Crippen LogP contribution < -0.4 is 5.32 Å². The predicted octanol–water partition coefficient (Wildman–Crippen LogP) is 4.49. The normalized spacial score (nSPS) is 11.8. The number of nitrogens with one attached hydrogen (secondary N) is 1. The highest BCUT2D eigenvalue weighted by Crippen LogP contribution is 2.25. The number of amides is 1. The Bertz CT molecular complexity index is 914. The number of para-hydroxylation sites is 1. The van der Waals surface area contributed by atoms with Crippen LogP contribution in [0.4, 0.5) is 11.4 Å². The maximum Gasteiger partial charge on any atom is 0.331 e. The first-order chi connectivity index (χ1) is 12.8. The molecule has 0 saturated heterocycles. The van der Waals surface area contributed by atoms with Gasteiger partial charge in [0.15, 0.2) is 6.10 Å². The number of benzene rings is 2. The van der Waals surface area contributed by atoms with Gasteiger partial charge >= 0.3 is 5.97 Å². The van der Waals surface area contributed by atoms with Crippen molar-refractivity contribution in [2.75, 3.05) is 5.32 Å². The summed E-state index contributed by atoms with van der Waals surface area (Å²) in [6.07, 6.45) is 1.14. The molecule has 0 radical (unpaired) electrons. The molecule has 0 fully saturated rings. The lowest BCUT2D eigenvalue weighted by atomic mass is 10.1. The standard InChI is InChI=1S/C18H14Cl2N2O5/c1-11(18(24)21-15-10-13(19)7-8-14(15)20)27-17(23)9-6-12-4-2-3-5-16(12)22(25)26/h2-11H,1H3,(H,21,24)/b9-6+/t11-/m0/s1. The molecule has 2 aromatic carbocycles. The summed E-state index contributed by atoms with van der Waals surface area (Å²) in [6, 6.07) is 10.5. The predicted molar refractivity (Wildman–Crippen MR) is 103 cm³/mol. The van der Waals surface area contributed by atoms with Gasteiger partial charge in [-0.15, -0.1) is 0 Å². The van der Waals surface area contributed by atoms with Crippen molar-refractivity contribution in [3.05, 3.63) is 74.3 Å². The fraction of sp³-hybridized carbons (Fsp3) is 0.111. The molecule has 2 aromatic rings. The molecule has 0 aromatic heterocycles. The minimum atomic E-state index is -1.12. The molecule has 1 amide bonds. The minimum Gasteiger partial charge on any atom is -0.449 e. The van der Waals surface area contributed by atoms with E-state index in [0.29, 0.717) is 5.02 Å². The summed E-state index contributed by atoms with van der Waals surface area (Å²) in [6.45, 7) is 1.38. The van der Waals surface area contributed by atoms with Crippen molar-refractivity contribution in [3.63, 3.8) is 0 Å². The first kappa shape index (κ1) is 20.4. The number of ether oxygens (including phenoxy) is 1. The molecule has 0 heterocycles. The smallest absolute Gasteiger partial charge is 0.331 e. The Balaban J connectivity index is 2.00. The third-order valence-corrected chi connectivity index (χ3v) is 3.95. The zero-order chi connectivity index (χ0) is 20.0. The molecule has 140 valence electrons. The zero-order valence-electron chi connectivity index (χ0n) is 14.0. The van der Waals surface area contributed by atoms with Crippen LogP contribution in [0.25, 0.3) is 6.08 Å². The fourth-order valence-corrected chi connectivity index (χ4v) is 2.38. The van der Waals surface area contributed by atoms with E-state index in [9.17, 15) is 19.7 Å². The first-order valence-electron chi connectivity index (χ1n) is 7.66. The van der Waals surface area contributed by atoms with Gasteiger partial charge in [-0.1, -0.05) is 35.3 Å². The molecule has 27 heavy (non-hydrogen) atoms. The SMILES string of the molecule is C[C@H](OC(=O)/C=C/c1ccccc1[N+](=O)[O-])C(=O)Nc1cc(Cl)ccc1Cl. The van der Waals surface area contributed by atoms with Crippen molar-refractivity contribution >= 4 is 52.5 Å². The van der Waals surface area contributed by atoms with E-state index in [-0.39, 0.29) is 22.0 Å². The van der Waals surface area contributed by atoms with Crippen molar-refractivity contribution in [3.8, 4) is 0 Å². The van der Waals surface area contributed by atoms with Crippen molar-refractivity contribution in [2.45, 2.75) is 13.0 Å². The van der Waals surface area contributed by atoms with Crippen LogP contribution in [0.1, 0.15) is 12.5 Å². The second-order valence-electron chi connectivity index (χ2n) is 5.34. The molecule has 0 saturated carbocycles. The van der Waals surface area contributed by atoms with E-state index >= 15 is 0 Å². The highest BCUT2D eigenvalue weighted by atomic mass is 35.5. The third-order valence-electron chi connectivity index (χ3n) is 3.38. The highest BCUT2D eigenvalue weighted by molar-refractivity contribution is 6.35. The Morgan fingerprint density at radius 3 is 2.63 bits per heavy atom. The van der Waals surface area contributed by atoms with E-state index < -0.39 is 22.9 Å². The number of nitro benzene ring substituents is 1. The van der Waals surface area contributed by atoms with Crippen LogP contribution >= 0.6 is 23.2 Å². The Morgan fingerprint density at radius 1 is 1.22 bits per heavy atom. The Hall–Kier alpha value is -2.90. The average Bonchev–Trinajstić information content (AvgIpc) is 2.63. The lowest BCUT2D eigenvalue weighted by molar-refractivity contribution is -0.385. The molecular formula is C18H14Cl2N2O5. The van der Waals surface area contributed by atoms with Crippen LogP contribution in [0.5, 0.6) is 0 Å². The molecule has 0 aliphatic heterocycles. The van der Waals surface area contributed by atoms with E-state index in [1.807, 2.05) is 0 Å². The number of carbonyl (C=O) groups excluding carboxylic acids is 2. The number of halogens is 2. The molecule has 7 nitrogen and oxygen atoms in total. The molecular weight excluding hydrogens is 395 g/mol. The molecule has 0 aliphatic carbocycles. The second kappa shape index (κ2) is 9.16. The third kappa shape index (κ3) is 5.80. The Labute approximate surface area is 164 Å². The number of hydrogen-bond acceptors (Lipinski definition) is 5. The van der Waals surface area contributed by atoms with Crippen LogP contribution in [0.3, 0.4) is 0 Å². The monoisotopic (exact) mass is 408 g/mol. The largest absolute Gasteiger partial charge is 0.449 e. The van der Waals surface area contributed by atoms with Gasteiger partial charge in [-0.25, -0.2) is 4.79 Å². The molecule has 0 aliphatic rings. The summed E-state index contributed by atoms with van der Waals surface area (Å²) in [7, 11) is 0. The summed E-state index contributed by atoms with van der Waals surface area (Å²) in [5.74, 6) is -1.43. The van der Waals surface area contributed by atoms with Gasteiger partial charge in [0.2, 0.25) is 0 Å². The van der Waals surface area contributed by atoms with Gasteiger partial charge in [0.05, 0.1) is 21.2 Å². The molecule has 1 N–H and O–H groups in total. The van der Waals surface area contributed by atoms with Gasteiger partial charge in [-0.3, -0.25) is 14.9 Å². The van der Waals surface area contributed by atoms with Gasteiger partial charge in [0.25, 0.3) is 11.6 Å². The Morgan fingerprint density at radius 2 is 1.93 bits per heavy atom. The fourth-order valence-electron chi connectivity index (χ4n) is 2.05. The van der Waals surface area contributed by atoms with Gasteiger partial charge in [-0.05, 0) is 37.3 Å². The highest BCUT2D eigenvalue weighted by Gasteiger charge is 2.18. The topological polar surface area (TPSA) is 98.5 Å². The average molecular weight is 409 g/mol. The number of carbonyl (C=O) groups is 2. The summed E-state index contributed by atoms with van der Waals surface area (Å²) < 4.78 is 4.99. The van der Waals surface area contributed by atoms with Gasteiger partial charge < -0.3 is 10.1 Å². The quantitative estimate of drug-likeness (QED) is 0.328. The second-order valence-corrected chi connectivity index (χ2v) is 6.19. The lowest BCUT2D eigenvalue weighted by Gasteiger charge is -2.13. The maximum atomic E-state index is 12.1. The molecule has 0 spiro atoms. The van der Waals surface area contributed by atoms with Crippen LogP contribution in [-0.4, -0.2) is 22.9 Å².